The highest BCUT2D eigenvalue weighted by Crippen LogP contribution is 2.09. The Morgan fingerprint density at radius 2 is 2.00 bits per heavy atom. The van der Waals surface area contributed by atoms with Gasteiger partial charge in [0.15, 0.2) is 5.78 Å². The van der Waals surface area contributed by atoms with Crippen molar-refractivity contribution in [2.45, 2.75) is 20.8 Å². The SMILES string of the molecule is CC(=O)Nc1ccc(C(=O)C(C)C)cn1. The van der Waals surface area contributed by atoms with Crippen LogP contribution in [-0.2, 0) is 4.79 Å². The van der Waals surface area contributed by atoms with Crippen LogP contribution in [0.3, 0.4) is 0 Å². The first-order valence-electron chi connectivity index (χ1n) is 4.78. The van der Waals surface area contributed by atoms with Gasteiger partial charge in [-0.3, -0.25) is 9.59 Å². The van der Waals surface area contributed by atoms with E-state index in [1.165, 1.54) is 13.1 Å². The Hall–Kier alpha value is -1.71. The predicted octanol–water partition coefficient (Wildman–Crippen LogP) is 1.88. The second-order valence-electron chi connectivity index (χ2n) is 3.63. The molecule has 0 aliphatic carbocycles. The van der Waals surface area contributed by atoms with Crippen LogP contribution in [0.5, 0.6) is 0 Å². The predicted molar refractivity (Wildman–Crippen MR) is 57.7 cm³/mol. The van der Waals surface area contributed by atoms with Crippen LogP contribution in [0.15, 0.2) is 18.3 Å². The lowest BCUT2D eigenvalue weighted by molar-refractivity contribution is -0.114. The summed E-state index contributed by atoms with van der Waals surface area (Å²) in [5.74, 6) is 0.295. The Balaban J connectivity index is 2.81. The lowest BCUT2D eigenvalue weighted by Crippen LogP contribution is -2.10. The van der Waals surface area contributed by atoms with E-state index in [-0.39, 0.29) is 17.6 Å². The minimum Gasteiger partial charge on any atom is -0.311 e. The van der Waals surface area contributed by atoms with Crippen molar-refractivity contribution in [3.63, 3.8) is 0 Å². The summed E-state index contributed by atoms with van der Waals surface area (Å²) >= 11 is 0. The van der Waals surface area contributed by atoms with Crippen molar-refractivity contribution in [1.82, 2.24) is 4.98 Å². The maximum atomic E-state index is 11.6. The third-order valence-corrected chi connectivity index (χ3v) is 1.88. The number of carbonyl (C=O) groups is 2. The number of rotatable bonds is 3. The molecule has 4 nitrogen and oxygen atoms in total. The van der Waals surface area contributed by atoms with Crippen molar-refractivity contribution in [2.75, 3.05) is 5.32 Å². The van der Waals surface area contributed by atoms with Crippen LogP contribution in [0.1, 0.15) is 31.1 Å². The molecule has 15 heavy (non-hydrogen) atoms. The second-order valence-corrected chi connectivity index (χ2v) is 3.63. The maximum Gasteiger partial charge on any atom is 0.222 e. The van der Waals surface area contributed by atoms with Crippen molar-refractivity contribution >= 4 is 17.5 Å². The smallest absolute Gasteiger partial charge is 0.222 e. The molecular weight excluding hydrogens is 192 g/mol. The minimum absolute atomic E-state index is 0.0431. The summed E-state index contributed by atoms with van der Waals surface area (Å²) in [7, 11) is 0. The van der Waals surface area contributed by atoms with Crippen LogP contribution in [0.25, 0.3) is 0 Å². The zero-order chi connectivity index (χ0) is 11.4. The standard InChI is InChI=1S/C11H14N2O2/c1-7(2)11(15)9-4-5-10(12-6-9)13-8(3)14/h4-7H,1-3H3,(H,12,13,14). The van der Waals surface area contributed by atoms with Crippen LogP contribution in [-0.4, -0.2) is 16.7 Å². The Kier molecular flexibility index (Phi) is 3.55. The Labute approximate surface area is 88.7 Å². The summed E-state index contributed by atoms with van der Waals surface area (Å²) in [6.07, 6.45) is 1.48. The summed E-state index contributed by atoms with van der Waals surface area (Å²) in [5, 5.41) is 2.54. The molecule has 0 saturated heterocycles. The molecule has 0 aliphatic heterocycles. The number of pyridine rings is 1. The lowest BCUT2D eigenvalue weighted by atomic mass is 10.0. The highest BCUT2D eigenvalue weighted by molar-refractivity contribution is 5.97. The van der Waals surface area contributed by atoms with Gasteiger partial charge in [-0.2, -0.15) is 0 Å². The van der Waals surface area contributed by atoms with Crippen LogP contribution >= 0.6 is 0 Å². The minimum atomic E-state index is -0.176. The maximum absolute atomic E-state index is 11.6. The van der Waals surface area contributed by atoms with Crippen molar-refractivity contribution in [3.05, 3.63) is 23.9 Å². The average molecular weight is 206 g/mol. The van der Waals surface area contributed by atoms with Gasteiger partial charge in [0.05, 0.1) is 0 Å². The van der Waals surface area contributed by atoms with E-state index in [1.54, 1.807) is 12.1 Å². The first-order chi connectivity index (χ1) is 7.00. The van der Waals surface area contributed by atoms with E-state index >= 15 is 0 Å². The second kappa shape index (κ2) is 4.68. The Bertz CT molecular complexity index is 369. The largest absolute Gasteiger partial charge is 0.311 e. The zero-order valence-electron chi connectivity index (χ0n) is 9.07. The molecule has 0 aliphatic rings. The van der Waals surface area contributed by atoms with E-state index in [2.05, 4.69) is 10.3 Å². The highest BCUT2D eigenvalue weighted by atomic mass is 16.1. The van der Waals surface area contributed by atoms with Crippen LogP contribution in [0.2, 0.25) is 0 Å². The summed E-state index contributed by atoms with van der Waals surface area (Å²) in [6, 6.07) is 3.29. The molecule has 0 radical (unpaired) electrons. The Morgan fingerprint density at radius 3 is 2.40 bits per heavy atom. The molecule has 0 bridgehead atoms. The van der Waals surface area contributed by atoms with E-state index in [1.807, 2.05) is 13.8 Å². The molecule has 0 atom stereocenters. The molecule has 1 rings (SSSR count). The molecule has 0 unspecified atom stereocenters. The van der Waals surface area contributed by atoms with E-state index in [0.717, 1.165) is 0 Å². The third kappa shape index (κ3) is 3.16. The number of carbonyl (C=O) groups excluding carboxylic acids is 2. The normalized spacial score (nSPS) is 10.1. The van der Waals surface area contributed by atoms with Gasteiger partial charge in [0.2, 0.25) is 5.91 Å². The summed E-state index contributed by atoms with van der Waals surface area (Å²) in [5.41, 5.74) is 0.569. The third-order valence-electron chi connectivity index (χ3n) is 1.88. The molecule has 1 amide bonds. The molecule has 1 aromatic rings. The number of nitrogens with one attached hydrogen (secondary N) is 1. The molecule has 0 saturated carbocycles. The summed E-state index contributed by atoms with van der Waals surface area (Å²) < 4.78 is 0. The fraction of sp³-hybridized carbons (Fsp3) is 0.364. The van der Waals surface area contributed by atoms with Crippen LogP contribution in [0.4, 0.5) is 5.82 Å². The van der Waals surface area contributed by atoms with Gasteiger partial charge in [-0.15, -0.1) is 0 Å². The number of Topliss-reactive ketones (excluding diaryl/α,β-unsaturated/α-hetero) is 1. The van der Waals surface area contributed by atoms with Gasteiger partial charge in [0, 0.05) is 24.6 Å². The molecule has 80 valence electrons. The van der Waals surface area contributed by atoms with Gasteiger partial charge in [-0.05, 0) is 12.1 Å². The summed E-state index contributed by atoms with van der Waals surface area (Å²) in [6.45, 7) is 5.09. The lowest BCUT2D eigenvalue weighted by Gasteiger charge is -2.05. The van der Waals surface area contributed by atoms with Gasteiger partial charge in [0.1, 0.15) is 5.82 Å². The molecule has 1 heterocycles. The fourth-order valence-corrected chi connectivity index (χ4v) is 1.13. The topological polar surface area (TPSA) is 59.1 Å². The first kappa shape index (κ1) is 11.4. The van der Waals surface area contributed by atoms with Crippen molar-refractivity contribution in [3.8, 4) is 0 Å². The quantitative estimate of drug-likeness (QED) is 0.768. The average Bonchev–Trinajstić information content (AvgIpc) is 2.17. The number of nitrogens with zero attached hydrogens (tertiary/aromatic N) is 1. The number of anilines is 1. The van der Waals surface area contributed by atoms with Gasteiger partial charge in [0.25, 0.3) is 0 Å². The molecule has 1 aromatic heterocycles. The number of hydrogen-bond donors (Lipinski definition) is 1. The molecular formula is C11H14N2O2. The van der Waals surface area contributed by atoms with Crippen molar-refractivity contribution in [2.24, 2.45) is 5.92 Å². The van der Waals surface area contributed by atoms with E-state index in [9.17, 15) is 9.59 Å². The monoisotopic (exact) mass is 206 g/mol. The van der Waals surface area contributed by atoms with E-state index in [4.69, 9.17) is 0 Å². The first-order valence-corrected chi connectivity index (χ1v) is 4.78. The van der Waals surface area contributed by atoms with Crippen molar-refractivity contribution < 1.29 is 9.59 Å². The van der Waals surface area contributed by atoms with Crippen LogP contribution in [0, 0.1) is 5.92 Å². The van der Waals surface area contributed by atoms with Crippen molar-refractivity contribution in [1.29, 1.82) is 0 Å². The van der Waals surface area contributed by atoms with Gasteiger partial charge in [-0.25, -0.2) is 4.98 Å². The number of hydrogen-bond acceptors (Lipinski definition) is 3. The molecule has 4 heteroatoms. The fourth-order valence-electron chi connectivity index (χ4n) is 1.13. The summed E-state index contributed by atoms with van der Waals surface area (Å²) in [4.78, 5) is 26.2. The molecule has 1 N–H and O–H groups in total. The van der Waals surface area contributed by atoms with Crippen LogP contribution < -0.4 is 5.32 Å². The number of aromatic nitrogens is 1. The number of amides is 1. The van der Waals surface area contributed by atoms with Gasteiger partial charge < -0.3 is 5.32 Å². The van der Waals surface area contributed by atoms with Gasteiger partial charge in [-0.1, -0.05) is 13.8 Å². The molecule has 0 spiro atoms. The highest BCUT2D eigenvalue weighted by Gasteiger charge is 2.10. The Morgan fingerprint density at radius 1 is 1.33 bits per heavy atom. The zero-order valence-corrected chi connectivity index (χ0v) is 9.07. The molecule has 0 fully saturated rings. The van der Waals surface area contributed by atoms with E-state index < -0.39 is 0 Å². The number of ketones is 1. The van der Waals surface area contributed by atoms with Gasteiger partial charge >= 0.3 is 0 Å². The van der Waals surface area contributed by atoms with E-state index in [0.29, 0.717) is 11.4 Å². The molecule has 0 aromatic carbocycles.